The summed E-state index contributed by atoms with van der Waals surface area (Å²) < 4.78 is 0. The Morgan fingerprint density at radius 2 is 2.00 bits per heavy atom. The fourth-order valence-electron chi connectivity index (χ4n) is 2.90. The third-order valence-corrected chi connectivity index (χ3v) is 5.37. The van der Waals surface area contributed by atoms with E-state index in [4.69, 9.17) is 0 Å². The van der Waals surface area contributed by atoms with E-state index in [1.807, 2.05) is 24.4 Å². The molecule has 1 aliphatic carbocycles. The lowest BCUT2D eigenvalue weighted by atomic mass is 9.64. The van der Waals surface area contributed by atoms with Crippen molar-refractivity contribution in [3.05, 3.63) is 57.8 Å². The summed E-state index contributed by atoms with van der Waals surface area (Å²) in [5.74, 6) is 0.0692. The number of thiophene rings is 1. The van der Waals surface area contributed by atoms with E-state index < -0.39 is 0 Å². The van der Waals surface area contributed by atoms with Crippen LogP contribution in [-0.2, 0) is 5.41 Å². The maximum absolute atomic E-state index is 12.2. The van der Waals surface area contributed by atoms with Gasteiger partial charge in [0.15, 0.2) is 0 Å². The van der Waals surface area contributed by atoms with Crippen molar-refractivity contribution >= 4 is 17.2 Å². The first kappa shape index (κ1) is 13.4. The fourth-order valence-corrected chi connectivity index (χ4v) is 3.74. The van der Waals surface area contributed by atoms with Crippen LogP contribution in [0.1, 0.15) is 40.1 Å². The quantitative estimate of drug-likeness (QED) is 0.906. The molecule has 0 spiro atoms. The molecule has 0 radical (unpaired) electrons. The summed E-state index contributed by atoms with van der Waals surface area (Å²) in [6.45, 7) is 2.73. The summed E-state index contributed by atoms with van der Waals surface area (Å²) in [5.41, 5.74) is 2.58. The number of aryl methyl sites for hydroxylation is 1. The maximum Gasteiger partial charge on any atom is 0.261 e. The summed E-state index contributed by atoms with van der Waals surface area (Å²) in [4.78, 5) is 13.1. The van der Waals surface area contributed by atoms with E-state index in [-0.39, 0.29) is 11.3 Å². The van der Waals surface area contributed by atoms with Crippen molar-refractivity contribution in [2.75, 3.05) is 6.54 Å². The molecule has 104 valence electrons. The molecule has 0 bridgehead atoms. The van der Waals surface area contributed by atoms with Crippen LogP contribution >= 0.6 is 11.3 Å². The van der Waals surface area contributed by atoms with Crippen LogP contribution in [0.3, 0.4) is 0 Å². The van der Waals surface area contributed by atoms with Gasteiger partial charge in [-0.25, -0.2) is 0 Å². The number of nitrogens with one attached hydrogen (secondary N) is 1. The van der Waals surface area contributed by atoms with Crippen LogP contribution < -0.4 is 5.32 Å². The summed E-state index contributed by atoms with van der Waals surface area (Å²) in [6.07, 6.45) is 3.59. The number of hydrogen-bond donors (Lipinski definition) is 1. The van der Waals surface area contributed by atoms with Crippen LogP contribution in [0, 0.1) is 6.92 Å². The van der Waals surface area contributed by atoms with E-state index in [1.165, 1.54) is 36.2 Å². The van der Waals surface area contributed by atoms with E-state index in [0.29, 0.717) is 0 Å². The molecule has 1 amide bonds. The van der Waals surface area contributed by atoms with E-state index in [9.17, 15) is 4.79 Å². The second-order valence-corrected chi connectivity index (χ2v) is 6.53. The first-order valence-corrected chi connectivity index (χ1v) is 7.97. The van der Waals surface area contributed by atoms with E-state index in [1.54, 1.807) is 0 Å². The molecular formula is C17H19NOS. The SMILES string of the molecule is Cc1ccsc1C(=O)NCC1(c2ccccc2)CCC1. The average molecular weight is 285 g/mol. The first-order valence-electron chi connectivity index (χ1n) is 7.09. The van der Waals surface area contributed by atoms with Gasteiger partial charge >= 0.3 is 0 Å². The molecule has 3 heteroatoms. The van der Waals surface area contributed by atoms with Crippen molar-refractivity contribution in [3.8, 4) is 0 Å². The van der Waals surface area contributed by atoms with Gasteiger partial charge in [0.2, 0.25) is 0 Å². The minimum absolute atomic E-state index is 0.0692. The Morgan fingerprint density at radius 3 is 2.55 bits per heavy atom. The molecule has 0 atom stereocenters. The number of carbonyl (C=O) groups excluding carboxylic acids is 1. The van der Waals surface area contributed by atoms with Crippen molar-refractivity contribution in [2.45, 2.75) is 31.6 Å². The maximum atomic E-state index is 12.2. The minimum Gasteiger partial charge on any atom is -0.350 e. The standard InChI is InChI=1S/C17H19NOS/c1-13-8-11-20-15(13)16(19)18-12-17(9-5-10-17)14-6-3-2-4-7-14/h2-4,6-8,11H,5,9-10,12H2,1H3,(H,18,19). The van der Waals surface area contributed by atoms with Crippen LogP contribution in [-0.4, -0.2) is 12.5 Å². The molecule has 0 unspecified atom stereocenters. The average Bonchev–Trinajstić information content (AvgIpc) is 2.85. The van der Waals surface area contributed by atoms with E-state index in [0.717, 1.165) is 17.0 Å². The molecule has 1 saturated carbocycles. The second-order valence-electron chi connectivity index (χ2n) is 5.62. The number of carbonyl (C=O) groups is 1. The van der Waals surface area contributed by atoms with Crippen LogP contribution in [0.5, 0.6) is 0 Å². The molecule has 0 saturated heterocycles. The van der Waals surface area contributed by atoms with Gasteiger partial charge < -0.3 is 5.32 Å². The molecule has 2 nitrogen and oxygen atoms in total. The predicted molar refractivity (Wildman–Crippen MR) is 83.4 cm³/mol. The Kier molecular flexibility index (Phi) is 3.62. The van der Waals surface area contributed by atoms with Gasteiger partial charge in [0.05, 0.1) is 4.88 Å². The van der Waals surface area contributed by atoms with Crippen molar-refractivity contribution in [1.82, 2.24) is 5.32 Å². The van der Waals surface area contributed by atoms with Crippen molar-refractivity contribution < 1.29 is 4.79 Å². The summed E-state index contributed by atoms with van der Waals surface area (Å²) >= 11 is 1.52. The third kappa shape index (κ3) is 2.38. The van der Waals surface area contributed by atoms with Crippen LogP contribution in [0.25, 0.3) is 0 Å². The monoisotopic (exact) mass is 285 g/mol. The van der Waals surface area contributed by atoms with Gasteiger partial charge in [-0.15, -0.1) is 11.3 Å². The second kappa shape index (κ2) is 5.41. The molecule has 1 fully saturated rings. The third-order valence-electron chi connectivity index (χ3n) is 4.35. The molecule has 1 N–H and O–H groups in total. The highest BCUT2D eigenvalue weighted by Crippen LogP contribution is 2.43. The molecular weight excluding hydrogens is 266 g/mol. The molecule has 1 aliphatic rings. The van der Waals surface area contributed by atoms with Gasteiger partial charge in [-0.3, -0.25) is 4.79 Å². The highest BCUT2D eigenvalue weighted by atomic mass is 32.1. The molecule has 1 aromatic heterocycles. The molecule has 2 aromatic rings. The van der Waals surface area contributed by atoms with Crippen LogP contribution in [0.15, 0.2) is 41.8 Å². The first-order chi connectivity index (χ1) is 9.71. The Morgan fingerprint density at radius 1 is 1.25 bits per heavy atom. The van der Waals surface area contributed by atoms with Gasteiger partial charge in [-0.1, -0.05) is 36.8 Å². The number of hydrogen-bond acceptors (Lipinski definition) is 2. The largest absolute Gasteiger partial charge is 0.350 e. The highest BCUT2D eigenvalue weighted by molar-refractivity contribution is 7.12. The molecule has 0 aliphatic heterocycles. The van der Waals surface area contributed by atoms with Gasteiger partial charge in [0, 0.05) is 12.0 Å². The molecule has 1 aromatic carbocycles. The summed E-state index contributed by atoms with van der Waals surface area (Å²) in [5, 5.41) is 5.11. The Balaban J connectivity index is 1.71. The van der Waals surface area contributed by atoms with Crippen molar-refractivity contribution in [3.63, 3.8) is 0 Å². The van der Waals surface area contributed by atoms with Crippen molar-refractivity contribution in [2.24, 2.45) is 0 Å². The van der Waals surface area contributed by atoms with Gasteiger partial charge in [-0.2, -0.15) is 0 Å². The van der Waals surface area contributed by atoms with E-state index >= 15 is 0 Å². The lowest BCUT2D eigenvalue weighted by Crippen LogP contribution is -2.45. The Hall–Kier alpha value is -1.61. The van der Waals surface area contributed by atoms with Crippen LogP contribution in [0.4, 0.5) is 0 Å². The molecule has 1 heterocycles. The minimum atomic E-state index is 0.0692. The number of amides is 1. The summed E-state index contributed by atoms with van der Waals surface area (Å²) in [6, 6.07) is 12.6. The Labute approximate surface area is 123 Å². The lowest BCUT2D eigenvalue weighted by Gasteiger charge is -2.42. The zero-order valence-corrected chi connectivity index (χ0v) is 12.5. The zero-order chi connectivity index (χ0) is 14.0. The fraction of sp³-hybridized carbons (Fsp3) is 0.353. The smallest absolute Gasteiger partial charge is 0.261 e. The lowest BCUT2D eigenvalue weighted by molar-refractivity contribution is 0.0931. The van der Waals surface area contributed by atoms with Gasteiger partial charge in [0.1, 0.15) is 0 Å². The topological polar surface area (TPSA) is 29.1 Å². The predicted octanol–water partition coefficient (Wildman–Crippen LogP) is 3.91. The van der Waals surface area contributed by atoms with Gasteiger partial charge in [-0.05, 0) is 42.3 Å². The van der Waals surface area contributed by atoms with E-state index in [2.05, 4.69) is 29.6 Å². The Bertz CT molecular complexity index is 598. The number of benzene rings is 1. The normalized spacial score (nSPS) is 16.4. The van der Waals surface area contributed by atoms with Crippen LogP contribution in [0.2, 0.25) is 0 Å². The highest BCUT2D eigenvalue weighted by Gasteiger charge is 2.38. The van der Waals surface area contributed by atoms with Gasteiger partial charge in [0.25, 0.3) is 5.91 Å². The summed E-state index contributed by atoms with van der Waals surface area (Å²) in [7, 11) is 0. The molecule has 20 heavy (non-hydrogen) atoms. The molecule has 3 rings (SSSR count). The van der Waals surface area contributed by atoms with Crippen molar-refractivity contribution in [1.29, 1.82) is 0 Å². The number of rotatable bonds is 4. The zero-order valence-electron chi connectivity index (χ0n) is 11.7.